The molecule has 0 bridgehead atoms. The van der Waals surface area contributed by atoms with Gasteiger partial charge in [-0.25, -0.2) is 0 Å². The van der Waals surface area contributed by atoms with Gasteiger partial charge in [0.2, 0.25) is 4.96 Å². The van der Waals surface area contributed by atoms with Crippen LogP contribution in [0.2, 0.25) is 0 Å². The van der Waals surface area contributed by atoms with Crippen molar-refractivity contribution in [1.29, 1.82) is 0 Å². The molecule has 5 rings (SSSR count). The SMILES string of the molecule is CCCCOc1ccc(/C=c2/sc3nc([C@@H]4COc5ccccc5O4)nn3c2=O)cc1OCC. The maximum atomic E-state index is 13.0. The van der Waals surface area contributed by atoms with Crippen LogP contribution in [0, 0.1) is 0 Å². The minimum Gasteiger partial charge on any atom is -0.490 e. The predicted octanol–water partition coefficient (Wildman–Crippen LogP) is 3.79. The molecule has 0 fully saturated rings. The summed E-state index contributed by atoms with van der Waals surface area (Å²) in [7, 11) is 0. The summed E-state index contributed by atoms with van der Waals surface area (Å²) in [6.07, 6.45) is 3.39. The highest BCUT2D eigenvalue weighted by Crippen LogP contribution is 2.35. The molecule has 9 heteroatoms. The lowest BCUT2D eigenvalue weighted by Gasteiger charge is -2.24. The van der Waals surface area contributed by atoms with Crippen LogP contribution in [-0.2, 0) is 0 Å². The fraction of sp³-hybridized carbons (Fsp3) is 0.320. The van der Waals surface area contributed by atoms with Crippen molar-refractivity contribution in [3.05, 3.63) is 68.7 Å². The molecular weight excluding hydrogens is 454 g/mol. The fourth-order valence-corrected chi connectivity index (χ4v) is 4.53. The summed E-state index contributed by atoms with van der Waals surface area (Å²) >= 11 is 1.28. The van der Waals surface area contributed by atoms with Gasteiger partial charge in [0.15, 0.2) is 34.9 Å². The zero-order valence-electron chi connectivity index (χ0n) is 19.0. The summed E-state index contributed by atoms with van der Waals surface area (Å²) in [5.74, 6) is 3.13. The maximum absolute atomic E-state index is 13.0. The molecule has 1 atom stereocenters. The third kappa shape index (κ3) is 4.43. The lowest BCUT2D eigenvalue weighted by Crippen LogP contribution is -2.26. The first-order chi connectivity index (χ1) is 16.7. The summed E-state index contributed by atoms with van der Waals surface area (Å²) in [6, 6.07) is 13.1. The summed E-state index contributed by atoms with van der Waals surface area (Å²) in [6.45, 7) is 5.50. The van der Waals surface area contributed by atoms with Gasteiger partial charge in [0, 0.05) is 0 Å². The number of hydrogen-bond acceptors (Lipinski definition) is 8. The average Bonchev–Trinajstić information content (AvgIpc) is 3.39. The van der Waals surface area contributed by atoms with Gasteiger partial charge >= 0.3 is 0 Å². The largest absolute Gasteiger partial charge is 0.490 e. The number of unbranched alkanes of at least 4 members (excludes halogenated alkanes) is 1. The van der Waals surface area contributed by atoms with Crippen molar-refractivity contribution >= 4 is 22.4 Å². The maximum Gasteiger partial charge on any atom is 0.291 e. The number of ether oxygens (including phenoxy) is 4. The Hall–Kier alpha value is -3.59. The minimum absolute atomic E-state index is 0.225. The molecule has 2 aromatic heterocycles. The third-order valence-electron chi connectivity index (χ3n) is 5.32. The summed E-state index contributed by atoms with van der Waals surface area (Å²) in [4.78, 5) is 18.0. The molecular formula is C25H25N3O5S. The molecule has 176 valence electrons. The predicted molar refractivity (Wildman–Crippen MR) is 129 cm³/mol. The average molecular weight is 480 g/mol. The lowest BCUT2D eigenvalue weighted by molar-refractivity contribution is 0.0852. The standard InChI is InChI=1S/C25H25N3O5S/c1-3-5-12-31-18-11-10-16(13-20(18)30-4-2)14-22-24(29)28-25(34-22)26-23(27-28)21-15-32-17-8-6-7-9-19(17)33-21/h6-11,13-14,21H,3-5,12,15H2,1-2H3/b22-14+/t21-/m0/s1. The first-order valence-electron chi connectivity index (χ1n) is 11.4. The Kier molecular flexibility index (Phi) is 6.35. The smallest absolute Gasteiger partial charge is 0.291 e. The van der Waals surface area contributed by atoms with Gasteiger partial charge in [-0.1, -0.05) is 42.9 Å². The van der Waals surface area contributed by atoms with E-state index < -0.39 is 6.10 Å². The van der Waals surface area contributed by atoms with Crippen LogP contribution in [0.15, 0.2) is 47.3 Å². The highest BCUT2D eigenvalue weighted by molar-refractivity contribution is 7.15. The van der Waals surface area contributed by atoms with E-state index >= 15 is 0 Å². The summed E-state index contributed by atoms with van der Waals surface area (Å²) in [5, 5.41) is 4.41. The Labute approximate surface area is 200 Å². The molecule has 1 aliphatic rings. The van der Waals surface area contributed by atoms with Crippen LogP contribution in [0.5, 0.6) is 23.0 Å². The number of aromatic nitrogens is 3. The molecule has 0 aliphatic carbocycles. The van der Waals surface area contributed by atoms with Crippen molar-refractivity contribution in [3.63, 3.8) is 0 Å². The quantitative estimate of drug-likeness (QED) is 0.356. The normalized spacial score (nSPS) is 15.6. The van der Waals surface area contributed by atoms with Crippen LogP contribution >= 0.6 is 11.3 Å². The zero-order chi connectivity index (χ0) is 23.5. The number of hydrogen-bond donors (Lipinski definition) is 0. The Bertz CT molecular complexity index is 1410. The lowest BCUT2D eigenvalue weighted by atomic mass is 10.2. The van der Waals surface area contributed by atoms with E-state index in [1.165, 1.54) is 15.9 Å². The second-order valence-corrected chi connectivity index (χ2v) is 8.79. The zero-order valence-corrected chi connectivity index (χ0v) is 19.8. The molecule has 0 spiro atoms. The monoisotopic (exact) mass is 479 g/mol. The van der Waals surface area contributed by atoms with Gasteiger partial charge in [0.1, 0.15) is 6.61 Å². The summed E-state index contributed by atoms with van der Waals surface area (Å²) < 4.78 is 25.2. The molecule has 0 radical (unpaired) electrons. The van der Waals surface area contributed by atoms with Gasteiger partial charge in [-0.2, -0.15) is 9.50 Å². The van der Waals surface area contributed by atoms with Crippen molar-refractivity contribution < 1.29 is 18.9 Å². The summed E-state index contributed by atoms with van der Waals surface area (Å²) in [5.41, 5.74) is 0.617. The molecule has 0 N–H and O–H groups in total. The van der Waals surface area contributed by atoms with E-state index in [1.54, 1.807) is 0 Å². The first-order valence-corrected chi connectivity index (χ1v) is 12.2. The van der Waals surface area contributed by atoms with Gasteiger partial charge in [0.25, 0.3) is 5.56 Å². The Balaban J connectivity index is 1.41. The van der Waals surface area contributed by atoms with Crippen LogP contribution < -0.4 is 29.0 Å². The van der Waals surface area contributed by atoms with E-state index in [0.29, 0.717) is 51.5 Å². The van der Waals surface area contributed by atoms with Gasteiger partial charge in [-0.3, -0.25) is 4.79 Å². The number of thiazole rings is 1. The number of rotatable bonds is 8. The van der Waals surface area contributed by atoms with Crippen LogP contribution in [0.3, 0.4) is 0 Å². The van der Waals surface area contributed by atoms with E-state index in [4.69, 9.17) is 18.9 Å². The first kappa shape index (κ1) is 22.2. The fourth-order valence-electron chi connectivity index (χ4n) is 3.61. The van der Waals surface area contributed by atoms with Crippen molar-refractivity contribution in [2.75, 3.05) is 19.8 Å². The highest BCUT2D eigenvalue weighted by Gasteiger charge is 2.27. The minimum atomic E-state index is -0.470. The topological polar surface area (TPSA) is 84.2 Å². The van der Waals surface area contributed by atoms with E-state index in [1.807, 2.05) is 55.5 Å². The Morgan fingerprint density at radius 1 is 1.15 bits per heavy atom. The van der Waals surface area contributed by atoms with Crippen molar-refractivity contribution in [2.24, 2.45) is 0 Å². The second-order valence-electron chi connectivity index (χ2n) is 7.79. The van der Waals surface area contributed by atoms with E-state index in [2.05, 4.69) is 17.0 Å². The third-order valence-corrected chi connectivity index (χ3v) is 6.27. The van der Waals surface area contributed by atoms with Crippen LogP contribution in [0.25, 0.3) is 11.0 Å². The number of para-hydroxylation sites is 2. The van der Waals surface area contributed by atoms with Gasteiger partial charge < -0.3 is 18.9 Å². The van der Waals surface area contributed by atoms with E-state index in [-0.39, 0.29) is 12.2 Å². The molecule has 0 unspecified atom stereocenters. The van der Waals surface area contributed by atoms with Crippen LogP contribution in [-0.4, -0.2) is 34.4 Å². The molecule has 34 heavy (non-hydrogen) atoms. The Morgan fingerprint density at radius 2 is 2.00 bits per heavy atom. The molecule has 4 aromatic rings. The van der Waals surface area contributed by atoms with Crippen molar-refractivity contribution in [3.8, 4) is 23.0 Å². The van der Waals surface area contributed by atoms with Crippen molar-refractivity contribution in [2.45, 2.75) is 32.8 Å². The number of fused-ring (bicyclic) bond motifs is 2. The number of nitrogens with zero attached hydrogens (tertiary/aromatic N) is 3. The van der Waals surface area contributed by atoms with Gasteiger partial charge in [0.05, 0.1) is 17.7 Å². The highest BCUT2D eigenvalue weighted by atomic mass is 32.1. The van der Waals surface area contributed by atoms with Crippen LogP contribution in [0.1, 0.15) is 44.2 Å². The molecule has 1 aliphatic heterocycles. The molecule has 0 amide bonds. The molecule has 0 saturated carbocycles. The second kappa shape index (κ2) is 9.72. The van der Waals surface area contributed by atoms with Crippen LogP contribution in [0.4, 0.5) is 0 Å². The number of benzene rings is 2. The Morgan fingerprint density at radius 3 is 2.79 bits per heavy atom. The van der Waals surface area contributed by atoms with Gasteiger partial charge in [-0.05, 0) is 49.2 Å². The molecule has 3 heterocycles. The van der Waals surface area contributed by atoms with Gasteiger partial charge in [-0.15, -0.1) is 5.10 Å². The van der Waals surface area contributed by atoms with E-state index in [9.17, 15) is 4.79 Å². The molecule has 8 nitrogen and oxygen atoms in total. The van der Waals surface area contributed by atoms with Crippen molar-refractivity contribution in [1.82, 2.24) is 14.6 Å². The molecule has 2 aromatic carbocycles. The molecule has 0 saturated heterocycles. The van der Waals surface area contributed by atoms with E-state index in [0.717, 1.165) is 18.4 Å².